The number of carbonyl (C=O) groups is 1. The number of ether oxygens (including phenoxy) is 2. The van der Waals surface area contributed by atoms with E-state index in [9.17, 15) is 14.9 Å². The minimum atomic E-state index is -0.520. The lowest BCUT2D eigenvalue weighted by Crippen LogP contribution is -2.50. The van der Waals surface area contributed by atoms with E-state index in [1.54, 1.807) is 24.1 Å². The quantitative estimate of drug-likeness (QED) is 0.572. The van der Waals surface area contributed by atoms with Gasteiger partial charge in [0.25, 0.3) is 5.91 Å². The van der Waals surface area contributed by atoms with Crippen molar-refractivity contribution in [2.24, 2.45) is 0 Å². The maximum Gasteiger partial charge on any atom is 0.310 e. The molecule has 1 aliphatic rings. The normalized spacial score (nSPS) is 14.0. The Morgan fingerprint density at radius 1 is 1.07 bits per heavy atom. The third kappa shape index (κ3) is 4.46. The van der Waals surface area contributed by atoms with Crippen molar-refractivity contribution in [2.45, 2.75) is 0 Å². The Morgan fingerprint density at radius 2 is 1.74 bits per heavy atom. The van der Waals surface area contributed by atoms with Crippen LogP contribution in [0.4, 0.5) is 11.4 Å². The van der Waals surface area contributed by atoms with E-state index in [-0.39, 0.29) is 24.0 Å². The lowest BCUT2D eigenvalue weighted by molar-refractivity contribution is -0.385. The number of nitrogens with zero attached hydrogens (tertiary/aromatic N) is 3. The summed E-state index contributed by atoms with van der Waals surface area (Å²) in [7, 11) is 1.63. The summed E-state index contributed by atoms with van der Waals surface area (Å²) < 4.78 is 10.6. The average molecular weight is 371 g/mol. The third-order valence-corrected chi connectivity index (χ3v) is 4.48. The number of methoxy groups -OCH3 is 1. The molecule has 0 spiro atoms. The van der Waals surface area contributed by atoms with Crippen LogP contribution in [0.5, 0.6) is 11.5 Å². The number of nitro groups is 1. The van der Waals surface area contributed by atoms with Crippen LogP contribution in [0.1, 0.15) is 0 Å². The molecule has 0 atom stereocenters. The van der Waals surface area contributed by atoms with E-state index in [1.807, 2.05) is 24.3 Å². The number of rotatable bonds is 6. The maximum atomic E-state index is 12.4. The highest BCUT2D eigenvalue weighted by molar-refractivity contribution is 5.78. The maximum absolute atomic E-state index is 12.4. The molecule has 0 radical (unpaired) electrons. The first-order chi connectivity index (χ1) is 13.1. The van der Waals surface area contributed by atoms with Crippen LogP contribution in [0.2, 0.25) is 0 Å². The largest absolute Gasteiger partial charge is 0.497 e. The number of para-hydroxylation sites is 2. The van der Waals surface area contributed by atoms with Crippen LogP contribution in [0.3, 0.4) is 0 Å². The monoisotopic (exact) mass is 371 g/mol. The van der Waals surface area contributed by atoms with E-state index in [1.165, 1.54) is 12.1 Å². The van der Waals surface area contributed by atoms with Gasteiger partial charge in [-0.15, -0.1) is 0 Å². The fraction of sp³-hybridized carbons (Fsp3) is 0.316. The molecule has 1 saturated heterocycles. The first-order valence-corrected chi connectivity index (χ1v) is 8.61. The second-order valence-corrected chi connectivity index (χ2v) is 6.08. The highest BCUT2D eigenvalue weighted by Gasteiger charge is 2.23. The standard InChI is InChI=1S/C19H21N3O5/c1-26-16-8-6-15(7-9-16)20-10-12-21(13-11-20)19(23)14-27-18-5-3-2-4-17(18)22(24)25/h2-9H,10-14H2,1H3. The second-order valence-electron chi connectivity index (χ2n) is 6.08. The van der Waals surface area contributed by atoms with Gasteiger partial charge in [0.1, 0.15) is 5.75 Å². The van der Waals surface area contributed by atoms with Gasteiger partial charge >= 0.3 is 5.69 Å². The highest BCUT2D eigenvalue weighted by Crippen LogP contribution is 2.26. The molecule has 0 aliphatic carbocycles. The number of piperazine rings is 1. The number of hydrogen-bond donors (Lipinski definition) is 0. The number of anilines is 1. The molecular formula is C19H21N3O5. The SMILES string of the molecule is COc1ccc(N2CCN(C(=O)COc3ccccc3[N+](=O)[O-])CC2)cc1. The van der Waals surface area contributed by atoms with Crippen LogP contribution in [0.25, 0.3) is 0 Å². The number of benzene rings is 2. The molecule has 0 bridgehead atoms. The van der Waals surface area contributed by atoms with Gasteiger partial charge in [-0.05, 0) is 30.3 Å². The molecule has 27 heavy (non-hydrogen) atoms. The molecule has 0 unspecified atom stereocenters. The summed E-state index contributed by atoms with van der Waals surface area (Å²) in [6.45, 7) is 2.36. The average Bonchev–Trinajstić information content (AvgIpc) is 2.72. The lowest BCUT2D eigenvalue weighted by atomic mass is 10.2. The van der Waals surface area contributed by atoms with Crippen LogP contribution in [-0.2, 0) is 4.79 Å². The van der Waals surface area contributed by atoms with Crippen LogP contribution in [0, 0.1) is 10.1 Å². The molecular weight excluding hydrogens is 350 g/mol. The molecule has 0 aromatic heterocycles. The summed E-state index contributed by atoms with van der Waals surface area (Å²) in [5.74, 6) is 0.731. The summed E-state index contributed by atoms with van der Waals surface area (Å²) in [4.78, 5) is 26.8. The first kappa shape index (κ1) is 18.5. The molecule has 3 rings (SSSR count). The van der Waals surface area contributed by atoms with Gasteiger partial charge in [-0.3, -0.25) is 14.9 Å². The van der Waals surface area contributed by atoms with Crippen LogP contribution < -0.4 is 14.4 Å². The predicted octanol–water partition coefficient (Wildman–Crippen LogP) is 2.33. The second kappa shape index (κ2) is 8.39. The zero-order chi connectivity index (χ0) is 19.2. The Labute approximate surface area is 157 Å². The van der Waals surface area contributed by atoms with Gasteiger partial charge in [0.05, 0.1) is 12.0 Å². The highest BCUT2D eigenvalue weighted by atomic mass is 16.6. The van der Waals surface area contributed by atoms with Crippen molar-refractivity contribution in [1.82, 2.24) is 4.90 Å². The summed E-state index contributed by atoms with van der Waals surface area (Å²) in [5, 5.41) is 11.0. The molecule has 0 saturated carbocycles. The summed E-state index contributed by atoms with van der Waals surface area (Å²) in [5.41, 5.74) is 0.939. The van der Waals surface area contributed by atoms with E-state index in [0.717, 1.165) is 11.4 Å². The minimum absolute atomic E-state index is 0.104. The predicted molar refractivity (Wildman–Crippen MR) is 100 cm³/mol. The van der Waals surface area contributed by atoms with Crippen LogP contribution in [0.15, 0.2) is 48.5 Å². The molecule has 0 N–H and O–H groups in total. The summed E-state index contributed by atoms with van der Waals surface area (Å²) >= 11 is 0. The number of carbonyl (C=O) groups excluding carboxylic acids is 1. The smallest absolute Gasteiger partial charge is 0.310 e. The van der Waals surface area contributed by atoms with E-state index < -0.39 is 4.92 Å². The van der Waals surface area contributed by atoms with Crippen molar-refractivity contribution in [3.63, 3.8) is 0 Å². The van der Waals surface area contributed by atoms with Gasteiger partial charge in [0.15, 0.2) is 12.4 Å². The fourth-order valence-electron chi connectivity index (χ4n) is 2.97. The van der Waals surface area contributed by atoms with Crippen LogP contribution in [-0.4, -0.2) is 55.6 Å². The van der Waals surface area contributed by atoms with Crippen molar-refractivity contribution < 1.29 is 19.2 Å². The minimum Gasteiger partial charge on any atom is -0.497 e. The van der Waals surface area contributed by atoms with Crippen molar-refractivity contribution in [1.29, 1.82) is 0 Å². The Balaban J connectivity index is 1.52. The summed E-state index contributed by atoms with van der Waals surface area (Å²) in [6, 6.07) is 13.9. The van der Waals surface area contributed by atoms with E-state index in [0.29, 0.717) is 26.2 Å². The molecule has 1 aliphatic heterocycles. The molecule has 8 heteroatoms. The molecule has 142 valence electrons. The Bertz CT molecular complexity index is 801. The Morgan fingerprint density at radius 3 is 2.37 bits per heavy atom. The number of amides is 1. The van der Waals surface area contributed by atoms with Gasteiger partial charge in [-0.1, -0.05) is 12.1 Å². The van der Waals surface area contributed by atoms with Gasteiger partial charge in [0, 0.05) is 37.9 Å². The van der Waals surface area contributed by atoms with Crippen LogP contribution >= 0.6 is 0 Å². The zero-order valence-electron chi connectivity index (χ0n) is 15.0. The molecule has 1 amide bonds. The third-order valence-electron chi connectivity index (χ3n) is 4.48. The Kier molecular flexibility index (Phi) is 5.75. The number of nitro benzene ring substituents is 1. The molecule has 2 aromatic carbocycles. The number of hydrogen-bond acceptors (Lipinski definition) is 6. The van der Waals surface area contributed by atoms with Crippen molar-refractivity contribution in [2.75, 3.05) is 44.8 Å². The van der Waals surface area contributed by atoms with Gasteiger partial charge in [-0.25, -0.2) is 0 Å². The van der Waals surface area contributed by atoms with E-state index in [2.05, 4.69) is 4.90 Å². The zero-order valence-corrected chi connectivity index (χ0v) is 15.0. The topological polar surface area (TPSA) is 85.2 Å². The lowest BCUT2D eigenvalue weighted by Gasteiger charge is -2.36. The first-order valence-electron chi connectivity index (χ1n) is 8.61. The molecule has 1 heterocycles. The summed E-state index contributed by atoms with van der Waals surface area (Å²) in [6.07, 6.45) is 0. The molecule has 1 fully saturated rings. The fourth-order valence-corrected chi connectivity index (χ4v) is 2.97. The van der Waals surface area contributed by atoms with Crippen molar-refractivity contribution in [3.05, 3.63) is 58.6 Å². The Hall–Kier alpha value is -3.29. The van der Waals surface area contributed by atoms with E-state index >= 15 is 0 Å². The van der Waals surface area contributed by atoms with Gasteiger partial charge < -0.3 is 19.3 Å². The van der Waals surface area contributed by atoms with E-state index in [4.69, 9.17) is 9.47 Å². The molecule has 8 nitrogen and oxygen atoms in total. The molecule has 2 aromatic rings. The van der Waals surface area contributed by atoms with Crippen molar-refractivity contribution >= 4 is 17.3 Å². The van der Waals surface area contributed by atoms with Crippen molar-refractivity contribution in [3.8, 4) is 11.5 Å². The van der Waals surface area contributed by atoms with Gasteiger partial charge in [0.2, 0.25) is 0 Å². The van der Waals surface area contributed by atoms with Gasteiger partial charge in [-0.2, -0.15) is 0 Å².